The normalized spacial score (nSPS) is 13.6. The molecule has 0 fully saturated rings. The molecule has 0 saturated carbocycles. The topological polar surface area (TPSA) is 21.7 Å². The van der Waals surface area contributed by atoms with E-state index in [2.05, 4.69) is 0 Å². The Kier molecular flexibility index (Phi) is 2.79. The number of benzene rings is 1. The lowest BCUT2D eigenvalue weighted by atomic mass is 10.2. The fourth-order valence-electron chi connectivity index (χ4n) is 1.39. The van der Waals surface area contributed by atoms with E-state index in [1.165, 1.54) is 5.56 Å². The van der Waals surface area contributed by atoms with Crippen LogP contribution in [0.4, 0.5) is 0 Å². The maximum absolute atomic E-state index is 5.69. The summed E-state index contributed by atoms with van der Waals surface area (Å²) in [5.74, 6) is 1.65. The van der Waals surface area contributed by atoms with E-state index in [1.54, 1.807) is 0 Å². The zero-order chi connectivity index (χ0) is 9.97. The summed E-state index contributed by atoms with van der Waals surface area (Å²) in [6, 6.07) is 6.47. The lowest BCUT2D eigenvalue weighted by Gasteiger charge is -2.12. The molecule has 1 aromatic carbocycles. The van der Waals surface area contributed by atoms with Crippen molar-refractivity contribution in [2.24, 2.45) is 0 Å². The lowest BCUT2D eigenvalue weighted by molar-refractivity contribution is 0.174. The molecule has 0 spiro atoms. The van der Waals surface area contributed by atoms with Crippen molar-refractivity contribution in [2.45, 2.75) is 6.54 Å². The highest BCUT2D eigenvalue weighted by Gasteiger charge is 2.13. The number of hydrogen-bond donors (Lipinski definition) is 0. The molecule has 1 aromatic rings. The molecular formula is C10H12ClNO2. The molecule has 76 valence electrons. The van der Waals surface area contributed by atoms with Gasteiger partial charge in [-0.2, -0.15) is 0 Å². The highest BCUT2D eigenvalue weighted by atomic mass is 35.5. The molecule has 14 heavy (non-hydrogen) atoms. The van der Waals surface area contributed by atoms with E-state index in [0.29, 0.717) is 12.8 Å². The summed E-state index contributed by atoms with van der Waals surface area (Å²) < 4.78 is 10.5. The second-order valence-corrected chi connectivity index (χ2v) is 3.56. The SMILES string of the molecule is CN(CCl)Cc1ccc2c(c1)OCO2. The third kappa shape index (κ3) is 1.94. The number of halogens is 1. The minimum absolute atomic E-state index is 0.324. The van der Waals surface area contributed by atoms with Crippen LogP contribution in [0.1, 0.15) is 5.56 Å². The summed E-state index contributed by atoms with van der Waals surface area (Å²) in [7, 11) is 1.97. The molecule has 0 bridgehead atoms. The van der Waals surface area contributed by atoms with Gasteiger partial charge in [0.2, 0.25) is 6.79 Å². The van der Waals surface area contributed by atoms with Gasteiger partial charge in [-0.15, -0.1) is 11.6 Å². The van der Waals surface area contributed by atoms with E-state index in [1.807, 2.05) is 30.1 Å². The Labute approximate surface area is 88.2 Å². The molecule has 0 saturated heterocycles. The number of rotatable bonds is 3. The average molecular weight is 214 g/mol. The number of ether oxygens (including phenoxy) is 2. The highest BCUT2D eigenvalue weighted by molar-refractivity contribution is 6.17. The Morgan fingerprint density at radius 3 is 2.93 bits per heavy atom. The quantitative estimate of drug-likeness (QED) is 0.567. The van der Waals surface area contributed by atoms with Crippen molar-refractivity contribution in [1.82, 2.24) is 4.90 Å². The van der Waals surface area contributed by atoms with Gasteiger partial charge in [-0.05, 0) is 24.7 Å². The first-order valence-electron chi connectivity index (χ1n) is 4.42. The molecule has 0 aliphatic carbocycles. The van der Waals surface area contributed by atoms with E-state index in [0.717, 1.165) is 18.0 Å². The zero-order valence-corrected chi connectivity index (χ0v) is 8.75. The summed E-state index contributed by atoms with van der Waals surface area (Å²) in [5, 5.41) is 0. The molecule has 0 N–H and O–H groups in total. The highest BCUT2D eigenvalue weighted by Crippen LogP contribution is 2.32. The Bertz CT molecular complexity index is 330. The van der Waals surface area contributed by atoms with Gasteiger partial charge >= 0.3 is 0 Å². The maximum Gasteiger partial charge on any atom is 0.231 e. The Morgan fingerprint density at radius 2 is 2.14 bits per heavy atom. The van der Waals surface area contributed by atoms with Crippen LogP contribution in [0, 0.1) is 0 Å². The average Bonchev–Trinajstić information content (AvgIpc) is 2.64. The monoisotopic (exact) mass is 213 g/mol. The summed E-state index contributed by atoms with van der Waals surface area (Å²) in [6.45, 7) is 1.14. The van der Waals surface area contributed by atoms with Gasteiger partial charge in [0.25, 0.3) is 0 Å². The third-order valence-corrected chi connectivity index (χ3v) is 2.50. The van der Waals surface area contributed by atoms with Crippen LogP contribution < -0.4 is 9.47 Å². The van der Waals surface area contributed by atoms with E-state index in [-0.39, 0.29) is 0 Å². The van der Waals surface area contributed by atoms with Gasteiger partial charge in [-0.25, -0.2) is 0 Å². The summed E-state index contributed by atoms with van der Waals surface area (Å²) in [5.41, 5.74) is 1.18. The smallest absolute Gasteiger partial charge is 0.231 e. The van der Waals surface area contributed by atoms with Gasteiger partial charge in [-0.3, -0.25) is 4.90 Å². The van der Waals surface area contributed by atoms with E-state index in [9.17, 15) is 0 Å². The van der Waals surface area contributed by atoms with Crippen LogP contribution in [0.3, 0.4) is 0 Å². The van der Waals surface area contributed by atoms with E-state index >= 15 is 0 Å². The predicted octanol–water partition coefficient (Wildman–Crippen LogP) is 2.04. The van der Waals surface area contributed by atoms with Crippen molar-refractivity contribution < 1.29 is 9.47 Å². The van der Waals surface area contributed by atoms with Crippen LogP contribution in [0.25, 0.3) is 0 Å². The molecule has 1 heterocycles. The number of alkyl halides is 1. The molecular weight excluding hydrogens is 202 g/mol. The van der Waals surface area contributed by atoms with Crippen LogP contribution in [0.2, 0.25) is 0 Å². The first kappa shape index (κ1) is 9.62. The first-order valence-corrected chi connectivity index (χ1v) is 4.96. The van der Waals surface area contributed by atoms with Gasteiger partial charge in [0.15, 0.2) is 11.5 Å². The lowest BCUT2D eigenvalue weighted by Crippen LogP contribution is -2.15. The minimum Gasteiger partial charge on any atom is -0.454 e. The molecule has 1 aliphatic heterocycles. The van der Waals surface area contributed by atoms with Crippen LogP contribution in [0.15, 0.2) is 18.2 Å². The molecule has 0 amide bonds. The van der Waals surface area contributed by atoms with Gasteiger partial charge in [-0.1, -0.05) is 6.07 Å². The van der Waals surface area contributed by atoms with Crippen molar-refractivity contribution in [3.05, 3.63) is 23.8 Å². The van der Waals surface area contributed by atoms with Crippen LogP contribution >= 0.6 is 11.6 Å². The number of hydrogen-bond acceptors (Lipinski definition) is 3. The largest absolute Gasteiger partial charge is 0.454 e. The molecule has 3 nitrogen and oxygen atoms in total. The zero-order valence-electron chi connectivity index (χ0n) is 8.00. The minimum atomic E-state index is 0.324. The van der Waals surface area contributed by atoms with Gasteiger partial charge < -0.3 is 9.47 Å². The Balaban J connectivity index is 2.12. The molecule has 1 aliphatic rings. The van der Waals surface area contributed by atoms with Crippen molar-refractivity contribution in [3.63, 3.8) is 0 Å². The first-order chi connectivity index (χ1) is 6.79. The molecule has 0 radical (unpaired) electrons. The van der Waals surface area contributed by atoms with Crippen LogP contribution in [-0.2, 0) is 6.54 Å². The van der Waals surface area contributed by atoms with E-state index < -0.39 is 0 Å². The molecule has 4 heteroatoms. The Hall–Kier alpha value is -0.930. The van der Waals surface area contributed by atoms with Gasteiger partial charge in [0.1, 0.15) is 0 Å². The fraction of sp³-hybridized carbons (Fsp3) is 0.400. The second-order valence-electron chi connectivity index (χ2n) is 3.32. The molecule has 0 unspecified atom stereocenters. The fourth-order valence-corrected chi connectivity index (χ4v) is 1.48. The second kappa shape index (κ2) is 4.07. The molecule has 0 atom stereocenters. The van der Waals surface area contributed by atoms with Gasteiger partial charge in [0.05, 0.1) is 6.00 Å². The molecule has 2 rings (SSSR count). The third-order valence-electron chi connectivity index (χ3n) is 2.09. The standard InChI is InChI=1S/C10H12ClNO2/c1-12(6-11)5-8-2-3-9-10(4-8)14-7-13-9/h2-4H,5-7H2,1H3. The van der Waals surface area contributed by atoms with E-state index in [4.69, 9.17) is 21.1 Å². The predicted molar refractivity (Wildman–Crippen MR) is 54.8 cm³/mol. The van der Waals surface area contributed by atoms with Crippen molar-refractivity contribution >= 4 is 11.6 Å². The Morgan fingerprint density at radius 1 is 1.36 bits per heavy atom. The van der Waals surface area contributed by atoms with Crippen molar-refractivity contribution in [2.75, 3.05) is 19.8 Å². The summed E-state index contributed by atoms with van der Waals surface area (Å²) >= 11 is 5.69. The van der Waals surface area contributed by atoms with Gasteiger partial charge in [0, 0.05) is 6.54 Å². The van der Waals surface area contributed by atoms with Crippen LogP contribution in [-0.4, -0.2) is 24.7 Å². The van der Waals surface area contributed by atoms with Crippen molar-refractivity contribution in [1.29, 1.82) is 0 Å². The summed E-state index contributed by atoms with van der Waals surface area (Å²) in [6.07, 6.45) is 0. The maximum atomic E-state index is 5.69. The number of fused-ring (bicyclic) bond motifs is 1. The summed E-state index contributed by atoms with van der Waals surface area (Å²) in [4.78, 5) is 2.01. The van der Waals surface area contributed by atoms with Crippen LogP contribution in [0.5, 0.6) is 11.5 Å². The number of nitrogens with zero attached hydrogens (tertiary/aromatic N) is 1. The van der Waals surface area contributed by atoms with Crippen molar-refractivity contribution in [3.8, 4) is 11.5 Å². The molecule has 0 aromatic heterocycles.